The number of ether oxygens (including phenoxy) is 2. The normalized spacial score (nSPS) is 14.9. The van der Waals surface area contributed by atoms with Crippen LogP contribution in [0.1, 0.15) is 57.2 Å². The summed E-state index contributed by atoms with van der Waals surface area (Å²) in [5.74, 6) is -0.788. The molecule has 0 aromatic heterocycles. The molecule has 1 aliphatic rings. The van der Waals surface area contributed by atoms with E-state index < -0.39 is 35.7 Å². The highest BCUT2D eigenvalue weighted by Gasteiger charge is 2.44. The monoisotopic (exact) mass is 507 g/mol. The van der Waals surface area contributed by atoms with Crippen molar-refractivity contribution in [3.63, 3.8) is 0 Å². The van der Waals surface area contributed by atoms with Gasteiger partial charge in [0.25, 0.3) is 0 Å². The summed E-state index contributed by atoms with van der Waals surface area (Å²) in [6, 6.07) is 5.37. The fourth-order valence-electron chi connectivity index (χ4n) is 3.63. The van der Waals surface area contributed by atoms with Crippen LogP contribution in [0.3, 0.4) is 0 Å². The minimum atomic E-state index is -0.960. The molecule has 1 fully saturated rings. The molecule has 35 heavy (non-hydrogen) atoms. The minimum absolute atomic E-state index is 0.145. The van der Waals surface area contributed by atoms with Crippen molar-refractivity contribution in [1.29, 1.82) is 0 Å². The summed E-state index contributed by atoms with van der Waals surface area (Å²) in [6.07, 6.45) is 3.12. The lowest BCUT2D eigenvalue weighted by Gasteiger charge is -2.35. The molecule has 2 atom stereocenters. The maximum Gasteiger partial charge on any atom is 0.408 e. The summed E-state index contributed by atoms with van der Waals surface area (Å²) in [5, 5.41) is 5.33. The number of amides is 3. The van der Waals surface area contributed by atoms with E-state index in [2.05, 4.69) is 15.4 Å². The molecule has 0 heterocycles. The highest BCUT2D eigenvalue weighted by Crippen LogP contribution is 2.36. The first-order chi connectivity index (χ1) is 16.5. The highest BCUT2D eigenvalue weighted by molar-refractivity contribution is 7.98. The van der Waals surface area contributed by atoms with Gasteiger partial charge in [0, 0.05) is 6.04 Å². The number of alkyl carbamates (subject to hydrolysis) is 1. The van der Waals surface area contributed by atoms with Gasteiger partial charge in [0.1, 0.15) is 24.2 Å². The molecule has 10 heteroatoms. The number of carbonyl (C=O) groups excluding carboxylic acids is 4. The molecule has 0 saturated heterocycles. The molecule has 0 spiro atoms. The summed E-state index contributed by atoms with van der Waals surface area (Å²) >= 11 is 1.56. The van der Waals surface area contributed by atoms with Gasteiger partial charge in [-0.25, -0.2) is 4.79 Å². The Hall–Kier alpha value is -2.75. The van der Waals surface area contributed by atoms with Crippen molar-refractivity contribution >= 4 is 35.6 Å². The van der Waals surface area contributed by atoms with Crippen molar-refractivity contribution in [2.75, 3.05) is 25.7 Å². The molecular weight excluding hydrogens is 470 g/mol. The molecule has 0 radical (unpaired) electrons. The number of hydrogen-bond acceptors (Lipinski definition) is 7. The van der Waals surface area contributed by atoms with Crippen molar-refractivity contribution in [1.82, 2.24) is 15.5 Å². The van der Waals surface area contributed by atoms with Crippen molar-refractivity contribution in [3.8, 4) is 0 Å². The molecule has 0 aliphatic heterocycles. The number of thioether (sulfide) groups is 1. The molecular formula is C25H37N3O6S. The third-order valence-electron chi connectivity index (χ3n) is 5.44. The summed E-state index contributed by atoms with van der Waals surface area (Å²) in [7, 11) is 1.24. The van der Waals surface area contributed by atoms with E-state index in [1.807, 2.05) is 31.4 Å². The van der Waals surface area contributed by atoms with Gasteiger partial charge in [-0.05, 0) is 70.1 Å². The standard InChI is InChI=1S/C25H37N3O6S/c1-16-9-7-8-10-18(16)21(22(30)26-15-20(29)33-5)28(17-11-12-17)23(31)19(13-14-35-6)27-24(32)34-25(2,3)4/h7-10,17,19,21H,11-15H2,1-6H3,(H,26,30)(H,27,32). The van der Waals surface area contributed by atoms with Gasteiger partial charge in [-0.15, -0.1) is 0 Å². The highest BCUT2D eigenvalue weighted by atomic mass is 32.2. The minimum Gasteiger partial charge on any atom is -0.468 e. The zero-order valence-electron chi connectivity index (χ0n) is 21.4. The van der Waals surface area contributed by atoms with Crippen LogP contribution in [-0.2, 0) is 23.9 Å². The van der Waals surface area contributed by atoms with Crippen LogP contribution < -0.4 is 10.6 Å². The van der Waals surface area contributed by atoms with Crippen molar-refractivity contribution in [2.45, 2.75) is 70.7 Å². The molecule has 1 saturated carbocycles. The first-order valence-corrected chi connectivity index (χ1v) is 13.1. The van der Waals surface area contributed by atoms with Gasteiger partial charge in [-0.3, -0.25) is 14.4 Å². The van der Waals surface area contributed by atoms with Crippen LogP contribution in [0.25, 0.3) is 0 Å². The van der Waals surface area contributed by atoms with E-state index in [9.17, 15) is 19.2 Å². The molecule has 1 aromatic carbocycles. The summed E-state index contributed by atoms with van der Waals surface area (Å²) in [6.45, 7) is 6.82. The van der Waals surface area contributed by atoms with Crippen molar-refractivity contribution in [3.05, 3.63) is 35.4 Å². The lowest BCUT2D eigenvalue weighted by Crippen LogP contribution is -2.54. The Balaban J connectivity index is 2.41. The van der Waals surface area contributed by atoms with Gasteiger partial charge in [0.2, 0.25) is 11.8 Å². The van der Waals surface area contributed by atoms with E-state index in [-0.39, 0.29) is 18.5 Å². The average Bonchev–Trinajstić information content (AvgIpc) is 3.62. The topological polar surface area (TPSA) is 114 Å². The number of nitrogens with one attached hydrogen (secondary N) is 2. The third-order valence-corrected chi connectivity index (χ3v) is 6.08. The van der Waals surface area contributed by atoms with Crippen LogP contribution in [0.2, 0.25) is 0 Å². The predicted octanol–water partition coefficient (Wildman–Crippen LogP) is 2.96. The van der Waals surface area contributed by atoms with E-state index in [0.717, 1.165) is 18.4 Å². The van der Waals surface area contributed by atoms with Gasteiger partial charge in [-0.1, -0.05) is 24.3 Å². The first-order valence-electron chi connectivity index (χ1n) is 11.7. The molecule has 3 amide bonds. The van der Waals surface area contributed by atoms with Crippen molar-refractivity contribution < 1.29 is 28.7 Å². The Labute approximate surface area is 211 Å². The lowest BCUT2D eigenvalue weighted by molar-refractivity contribution is -0.145. The second-order valence-corrected chi connectivity index (χ2v) is 10.5. The van der Waals surface area contributed by atoms with E-state index >= 15 is 0 Å². The fraction of sp³-hybridized carbons (Fsp3) is 0.600. The van der Waals surface area contributed by atoms with Gasteiger partial charge in [0.15, 0.2) is 0 Å². The number of rotatable bonds is 11. The van der Waals surface area contributed by atoms with Crippen LogP contribution in [0.5, 0.6) is 0 Å². The first kappa shape index (κ1) is 28.5. The van der Waals surface area contributed by atoms with Crippen LogP contribution in [0, 0.1) is 6.92 Å². The Bertz CT molecular complexity index is 913. The Morgan fingerprint density at radius 3 is 2.37 bits per heavy atom. The maximum atomic E-state index is 13.9. The second kappa shape index (κ2) is 12.8. The quantitative estimate of drug-likeness (QED) is 0.443. The molecule has 1 aliphatic carbocycles. The summed E-state index contributed by atoms with van der Waals surface area (Å²) < 4.78 is 10.0. The number of benzene rings is 1. The smallest absolute Gasteiger partial charge is 0.408 e. The summed E-state index contributed by atoms with van der Waals surface area (Å²) in [4.78, 5) is 53.1. The Morgan fingerprint density at radius 2 is 1.83 bits per heavy atom. The number of hydrogen-bond donors (Lipinski definition) is 2. The van der Waals surface area contributed by atoms with Crippen LogP contribution in [0.4, 0.5) is 4.79 Å². The SMILES string of the molecule is COC(=O)CNC(=O)C(c1ccccc1C)N(C(=O)C(CCSC)NC(=O)OC(C)(C)C)C1CC1. The van der Waals surface area contributed by atoms with E-state index in [0.29, 0.717) is 17.7 Å². The molecule has 2 unspecified atom stereocenters. The zero-order chi connectivity index (χ0) is 26.2. The maximum absolute atomic E-state index is 13.9. The van der Waals surface area contributed by atoms with Gasteiger partial charge in [-0.2, -0.15) is 11.8 Å². The van der Waals surface area contributed by atoms with E-state index in [1.165, 1.54) is 7.11 Å². The molecule has 1 aromatic rings. The molecule has 2 N–H and O–H groups in total. The Kier molecular flexibility index (Phi) is 10.4. The third kappa shape index (κ3) is 8.76. The van der Waals surface area contributed by atoms with E-state index in [1.54, 1.807) is 43.5 Å². The lowest BCUT2D eigenvalue weighted by atomic mass is 9.97. The molecule has 9 nitrogen and oxygen atoms in total. The largest absolute Gasteiger partial charge is 0.468 e. The predicted molar refractivity (Wildman–Crippen MR) is 135 cm³/mol. The zero-order valence-corrected chi connectivity index (χ0v) is 22.2. The molecule has 2 rings (SSSR count). The van der Waals surface area contributed by atoms with Crippen LogP contribution in [-0.4, -0.2) is 72.1 Å². The number of aryl methyl sites for hydroxylation is 1. The average molecular weight is 508 g/mol. The van der Waals surface area contributed by atoms with Crippen LogP contribution in [0.15, 0.2) is 24.3 Å². The van der Waals surface area contributed by atoms with E-state index in [4.69, 9.17) is 4.74 Å². The second-order valence-electron chi connectivity index (χ2n) is 9.51. The number of carbonyl (C=O) groups is 4. The number of nitrogens with zero attached hydrogens (tertiary/aromatic N) is 1. The number of methoxy groups -OCH3 is 1. The Morgan fingerprint density at radius 1 is 1.17 bits per heavy atom. The number of esters is 1. The molecule has 0 bridgehead atoms. The van der Waals surface area contributed by atoms with Gasteiger partial charge < -0.3 is 25.0 Å². The van der Waals surface area contributed by atoms with Crippen LogP contribution >= 0.6 is 11.8 Å². The van der Waals surface area contributed by atoms with Gasteiger partial charge >= 0.3 is 12.1 Å². The summed E-state index contributed by atoms with van der Waals surface area (Å²) in [5.41, 5.74) is 0.783. The molecule has 194 valence electrons. The fourth-order valence-corrected chi connectivity index (χ4v) is 4.10. The van der Waals surface area contributed by atoms with Gasteiger partial charge in [0.05, 0.1) is 7.11 Å². The van der Waals surface area contributed by atoms with Crippen molar-refractivity contribution in [2.24, 2.45) is 0 Å².